The molecule has 1 aromatic rings. The van der Waals surface area contributed by atoms with Crippen molar-refractivity contribution in [3.05, 3.63) is 29.8 Å². The first-order valence-electron chi connectivity index (χ1n) is 10.6. The van der Waals surface area contributed by atoms with E-state index in [1.165, 1.54) is 5.56 Å². The fourth-order valence-electron chi connectivity index (χ4n) is 3.34. The van der Waals surface area contributed by atoms with E-state index in [0.29, 0.717) is 0 Å². The van der Waals surface area contributed by atoms with E-state index in [-0.39, 0.29) is 30.0 Å². The van der Waals surface area contributed by atoms with Crippen LogP contribution in [0.2, 0.25) is 0 Å². The third kappa shape index (κ3) is 10.8. The van der Waals surface area contributed by atoms with Crippen LogP contribution in [0.25, 0.3) is 0 Å². The Hall–Kier alpha value is -1.10. The first-order chi connectivity index (χ1) is 14.1. The Labute approximate surface area is 200 Å². The van der Waals surface area contributed by atoms with Crippen molar-refractivity contribution in [2.24, 2.45) is 4.99 Å². The normalized spacial score (nSPS) is 12.6. The van der Waals surface area contributed by atoms with E-state index in [4.69, 9.17) is 9.47 Å². The summed E-state index contributed by atoms with van der Waals surface area (Å²) in [6.45, 7) is 10.8. The number of benzene rings is 1. The van der Waals surface area contributed by atoms with Gasteiger partial charge < -0.3 is 25.0 Å². The van der Waals surface area contributed by atoms with E-state index in [1.807, 2.05) is 13.1 Å². The molecular weight excluding hydrogens is 493 g/mol. The molecule has 0 aromatic heterocycles. The highest BCUT2D eigenvalue weighted by atomic mass is 127. The van der Waals surface area contributed by atoms with Crippen molar-refractivity contribution in [2.45, 2.75) is 26.3 Å². The molecule has 0 amide bonds. The van der Waals surface area contributed by atoms with Crippen LogP contribution in [0.4, 0.5) is 0 Å². The minimum Gasteiger partial charge on any atom is -0.497 e. The zero-order valence-corrected chi connectivity index (χ0v) is 21.9. The molecule has 0 aliphatic carbocycles. The molecule has 0 fully saturated rings. The molecule has 0 bridgehead atoms. The largest absolute Gasteiger partial charge is 0.497 e. The van der Waals surface area contributed by atoms with Gasteiger partial charge in [-0.1, -0.05) is 26.0 Å². The first-order valence-corrected chi connectivity index (χ1v) is 10.6. The van der Waals surface area contributed by atoms with E-state index in [0.717, 1.165) is 64.0 Å². The number of rotatable bonds is 14. The SMILES string of the molecule is CCN(CC)C(CNC(=NC)NCCN(C)CCCOC)c1cccc(OC)c1.I. The average Bonchev–Trinajstić information content (AvgIpc) is 2.75. The molecule has 8 heteroatoms. The molecule has 1 aromatic carbocycles. The topological polar surface area (TPSA) is 61.4 Å². The van der Waals surface area contributed by atoms with Crippen LogP contribution in [-0.2, 0) is 4.74 Å². The predicted octanol–water partition coefficient (Wildman–Crippen LogP) is 2.83. The number of nitrogens with zero attached hydrogens (tertiary/aromatic N) is 3. The molecule has 1 unspecified atom stereocenters. The van der Waals surface area contributed by atoms with E-state index in [1.54, 1.807) is 14.2 Å². The third-order valence-electron chi connectivity index (χ3n) is 5.09. The molecule has 0 aliphatic heterocycles. The van der Waals surface area contributed by atoms with Crippen molar-refractivity contribution in [3.8, 4) is 5.75 Å². The Morgan fingerprint density at radius 1 is 1.13 bits per heavy atom. The second-order valence-corrected chi connectivity index (χ2v) is 7.04. The smallest absolute Gasteiger partial charge is 0.191 e. The van der Waals surface area contributed by atoms with Gasteiger partial charge in [-0.3, -0.25) is 9.89 Å². The monoisotopic (exact) mass is 535 g/mol. The molecule has 0 saturated heterocycles. The average molecular weight is 536 g/mol. The molecule has 30 heavy (non-hydrogen) atoms. The number of likely N-dealkylation sites (N-methyl/N-ethyl adjacent to an activating group) is 2. The van der Waals surface area contributed by atoms with Crippen LogP contribution in [0.3, 0.4) is 0 Å². The maximum Gasteiger partial charge on any atom is 0.191 e. The Bertz CT molecular complexity index is 584. The van der Waals surface area contributed by atoms with Crippen molar-refractivity contribution in [3.63, 3.8) is 0 Å². The van der Waals surface area contributed by atoms with Crippen LogP contribution in [0, 0.1) is 0 Å². The summed E-state index contributed by atoms with van der Waals surface area (Å²) in [5.74, 6) is 1.72. The molecule has 1 atom stereocenters. The highest BCUT2D eigenvalue weighted by Crippen LogP contribution is 2.23. The lowest BCUT2D eigenvalue weighted by molar-refractivity contribution is 0.180. The number of aliphatic imine (C=N–C) groups is 1. The van der Waals surface area contributed by atoms with Crippen LogP contribution in [0.1, 0.15) is 31.9 Å². The minimum absolute atomic E-state index is 0. The van der Waals surface area contributed by atoms with Gasteiger partial charge in [0.2, 0.25) is 0 Å². The van der Waals surface area contributed by atoms with E-state index < -0.39 is 0 Å². The maximum absolute atomic E-state index is 5.42. The highest BCUT2D eigenvalue weighted by molar-refractivity contribution is 14.0. The van der Waals surface area contributed by atoms with Crippen molar-refractivity contribution >= 4 is 29.9 Å². The number of nitrogens with one attached hydrogen (secondary N) is 2. The number of hydrogen-bond acceptors (Lipinski definition) is 5. The Kier molecular flexibility index (Phi) is 16.9. The van der Waals surface area contributed by atoms with Gasteiger partial charge in [-0.25, -0.2) is 0 Å². The second-order valence-electron chi connectivity index (χ2n) is 7.04. The third-order valence-corrected chi connectivity index (χ3v) is 5.09. The fourth-order valence-corrected chi connectivity index (χ4v) is 3.34. The molecule has 0 spiro atoms. The van der Waals surface area contributed by atoms with Crippen LogP contribution >= 0.6 is 24.0 Å². The molecule has 0 heterocycles. The minimum atomic E-state index is 0. The molecule has 2 N–H and O–H groups in total. The van der Waals surface area contributed by atoms with Gasteiger partial charge in [0.25, 0.3) is 0 Å². The second kappa shape index (κ2) is 17.6. The van der Waals surface area contributed by atoms with Crippen molar-refractivity contribution in [1.29, 1.82) is 0 Å². The maximum atomic E-state index is 5.42. The van der Waals surface area contributed by atoms with Gasteiger partial charge in [0, 0.05) is 46.9 Å². The van der Waals surface area contributed by atoms with Crippen LogP contribution in [0.15, 0.2) is 29.3 Å². The Balaban J connectivity index is 0.00000841. The molecule has 0 aliphatic rings. The zero-order valence-electron chi connectivity index (χ0n) is 19.6. The fraction of sp³-hybridized carbons (Fsp3) is 0.682. The van der Waals surface area contributed by atoms with E-state index in [2.05, 4.69) is 64.5 Å². The molecule has 1 rings (SSSR count). The van der Waals surface area contributed by atoms with Crippen molar-refractivity contribution in [1.82, 2.24) is 20.4 Å². The number of ether oxygens (including phenoxy) is 2. The molecule has 0 saturated carbocycles. The van der Waals surface area contributed by atoms with Gasteiger partial charge in [0.05, 0.1) is 13.2 Å². The number of methoxy groups -OCH3 is 2. The lowest BCUT2D eigenvalue weighted by Gasteiger charge is -2.31. The zero-order chi connectivity index (χ0) is 21.5. The summed E-state index contributed by atoms with van der Waals surface area (Å²) in [5, 5.41) is 6.92. The van der Waals surface area contributed by atoms with Crippen LogP contribution < -0.4 is 15.4 Å². The van der Waals surface area contributed by atoms with E-state index >= 15 is 0 Å². The summed E-state index contributed by atoms with van der Waals surface area (Å²) < 4.78 is 10.5. The summed E-state index contributed by atoms with van der Waals surface area (Å²) >= 11 is 0. The van der Waals surface area contributed by atoms with Gasteiger partial charge in [-0.05, 0) is 44.3 Å². The van der Waals surface area contributed by atoms with Gasteiger partial charge >= 0.3 is 0 Å². The van der Waals surface area contributed by atoms with Crippen LogP contribution in [0.5, 0.6) is 5.75 Å². The molecular formula is C22H42IN5O2. The Morgan fingerprint density at radius 3 is 2.47 bits per heavy atom. The molecule has 0 radical (unpaired) electrons. The summed E-state index contributed by atoms with van der Waals surface area (Å²) in [4.78, 5) is 9.13. The van der Waals surface area contributed by atoms with Crippen LogP contribution in [-0.4, -0.2) is 89.9 Å². The first kappa shape index (κ1) is 28.9. The number of hydrogen-bond donors (Lipinski definition) is 2. The molecule has 174 valence electrons. The van der Waals surface area contributed by atoms with Gasteiger partial charge in [-0.2, -0.15) is 0 Å². The quantitative estimate of drug-likeness (QED) is 0.165. The van der Waals surface area contributed by atoms with E-state index in [9.17, 15) is 0 Å². The van der Waals surface area contributed by atoms with Gasteiger partial charge in [0.15, 0.2) is 5.96 Å². The summed E-state index contributed by atoms with van der Waals surface area (Å²) in [6.07, 6.45) is 1.05. The van der Waals surface area contributed by atoms with Crippen molar-refractivity contribution < 1.29 is 9.47 Å². The highest BCUT2D eigenvalue weighted by Gasteiger charge is 2.19. The standard InChI is InChI=1S/C22H41N5O2.HI/c1-7-27(8-2)21(19-11-9-12-20(17-19)29-6)18-25-22(23-3)24-13-15-26(4)14-10-16-28-5;/h9,11-12,17,21H,7-8,10,13-16,18H2,1-6H3,(H2,23,24,25);1H. The van der Waals surface area contributed by atoms with Gasteiger partial charge in [0.1, 0.15) is 5.75 Å². The lowest BCUT2D eigenvalue weighted by Crippen LogP contribution is -2.45. The molecule has 7 nitrogen and oxygen atoms in total. The summed E-state index contributed by atoms with van der Waals surface area (Å²) in [5.41, 5.74) is 1.24. The summed E-state index contributed by atoms with van der Waals surface area (Å²) in [7, 11) is 7.40. The van der Waals surface area contributed by atoms with Crippen molar-refractivity contribution in [2.75, 3.05) is 74.2 Å². The Morgan fingerprint density at radius 2 is 1.87 bits per heavy atom. The van der Waals surface area contributed by atoms with Gasteiger partial charge in [-0.15, -0.1) is 24.0 Å². The number of guanidine groups is 1. The number of halogens is 1. The predicted molar refractivity (Wildman–Crippen MR) is 137 cm³/mol. The summed E-state index contributed by atoms with van der Waals surface area (Å²) in [6, 6.07) is 8.57. The lowest BCUT2D eigenvalue weighted by atomic mass is 10.0.